The number of nitrogens with zero attached hydrogens (tertiary/aromatic N) is 2. The van der Waals surface area contributed by atoms with Crippen LogP contribution in [0.2, 0.25) is 5.02 Å². The second-order valence-corrected chi connectivity index (χ2v) is 5.61. The molecule has 0 saturated heterocycles. The fourth-order valence-corrected chi connectivity index (χ4v) is 2.94. The lowest BCUT2D eigenvalue weighted by molar-refractivity contribution is 0.373. The van der Waals surface area contributed by atoms with Gasteiger partial charge in [0.05, 0.1) is 22.7 Å². The molecule has 0 saturated carbocycles. The molecule has 0 unspecified atom stereocenters. The number of thiazole rings is 1. The highest BCUT2D eigenvalue weighted by Crippen LogP contribution is 2.34. The third kappa shape index (κ3) is 2.94. The molecule has 2 aromatic rings. The number of phenolic OH excluding ortho intramolecular Hbond substituents is 1. The van der Waals surface area contributed by atoms with Gasteiger partial charge in [0.1, 0.15) is 4.66 Å². The molecule has 7 heteroatoms. The Bertz CT molecular complexity index is 906. The van der Waals surface area contributed by atoms with Crippen molar-refractivity contribution in [3.63, 3.8) is 0 Å². The average molecular weight is 323 g/mol. The van der Waals surface area contributed by atoms with E-state index in [9.17, 15) is 9.90 Å². The van der Waals surface area contributed by atoms with E-state index in [1.165, 1.54) is 35.2 Å². The van der Waals surface area contributed by atoms with Gasteiger partial charge in [-0.2, -0.15) is 5.26 Å². The largest absolute Gasteiger partial charge is 0.503 e. The van der Waals surface area contributed by atoms with Crippen LogP contribution in [0.25, 0.3) is 12.2 Å². The van der Waals surface area contributed by atoms with Crippen LogP contribution in [0.15, 0.2) is 16.9 Å². The second-order valence-electron chi connectivity index (χ2n) is 4.14. The maximum atomic E-state index is 12.1. The van der Waals surface area contributed by atoms with Crippen molar-refractivity contribution in [2.24, 2.45) is 7.05 Å². The van der Waals surface area contributed by atoms with Crippen LogP contribution in [0.3, 0.4) is 0 Å². The first kappa shape index (κ1) is 15.2. The number of hydrogen-bond acceptors (Lipinski definition) is 5. The quantitative estimate of drug-likeness (QED) is 0.893. The topological polar surface area (TPSA) is 75.2 Å². The Morgan fingerprint density at radius 1 is 1.52 bits per heavy atom. The normalized spacial score (nSPS) is 12.5. The van der Waals surface area contributed by atoms with E-state index in [0.717, 1.165) is 0 Å². The predicted octanol–water partition coefficient (Wildman–Crippen LogP) is 0.947. The molecule has 0 bridgehead atoms. The summed E-state index contributed by atoms with van der Waals surface area (Å²) in [6.07, 6.45) is 2.95. The van der Waals surface area contributed by atoms with Crippen molar-refractivity contribution in [1.82, 2.24) is 4.57 Å². The summed E-state index contributed by atoms with van der Waals surface area (Å²) in [5, 5.41) is 18.5. The Morgan fingerprint density at radius 3 is 2.86 bits per heavy atom. The van der Waals surface area contributed by atoms with E-state index >= 15 is 0 Å². The third-order valence-electron chi connectivity index (χ3n) is 2.82. The van der Waals surface area contributed by atoms with Crippen LogP contribution in [0.5, 0.6) is 11.5 Å². The summed E-state index contributed by atoms with van der Waals surface area (Å²) < 4.78 is 7.44. The molecule has 5 nitrogen and oxygen atoms in total. The molecule has 0 spiro atoms. The Kier molecular flexibility index (Phi) is 4.36. The van der Waals surface area contributed by atoms with Crippen molar-refractivity contribution in [2.45, 2.75) is 0 Å². The molecule has 1 heterocycles. The number of halogens is 1. The number of aromatic nitrogens is 1. The minimum Gasteiger partial charge on any atom is -0.503 e. The van der Waals surface area contributed by atoms with Gasteiger partial charge in [-0.1, -0.05) is 11.6 Å². The lowest BCUT2D eigenvalue weighted by Crippen LogP contribution is -2.28. The zero-order valence-electron chi connectivity index (χ0n) is 11.3. The number of benzene rings is 1. The molecule has 1 N–H and O–H groups in total. The van der Waals surface area contributed by atoms with Crippen LogP contribution in [0, 0.1) is 11.3 Å². The van der Waals surface area contributed by atoms with Gasteiger partial charge in [-0.05, 0) is 23.8 Å². The van der Waals surface area contributed by atoms with Crippen molar-refractivity contribution >= 4 is 35.1 Å². The first-order chi connectivity index (χ1) is 9.97. The molecule has 108 valence electrons. The van der Waals surface area contributed by atoms with Crippen molar-refractivity contribution in [1.29, 1.82) is 5.26 Å². The summed E-state index contributed by atoms with van der Waals surface area (Å²) in [6.45, 7) is 0. The van der Waals surface area contributed by atoms with E-state index in [1.54, 1.807) is 19.2 Å². The summed E-state index contributed by atoms with van der Waals surface area (Å²) >= 11 is 7.11. The maximum Gasteiger partial charge on any atom is 0.268 e. The minimum atomic E-state index is -0.204. The molecule has 21 heavy (non-hydrogen) atoms. The molecule has 0 atom stereocenters. The van der Waals surface area contributed by atoms with Crippen LogP contribution in [0.1, 0.15) is 5.56 Å². The van der Waals surface area contributed by atoms with E-state index in [2.05, 4.69) is 0 Å². The van der Waals surface area contributed by atoms with E-state index in [4.69, 9.17) is 21.6 Å². The molecule has 1 aromatic carbocycles. The van der Waals surface area contributed by atoms with Crippen LogP contribution in [0.4, 0.5) is 0 Å². The van der Waals surface area contributed by atoms with Crippen molar-refractivity contribution in [3.8, 4) is 17.6 Å². The molecule has 0 fully saturated rings. The SMILES string of the molecule is COc1cc(/C=c2\s/c(=C\C#N)n(C)c2=O)cc(Cl)c1O. The fourth-order valence-electron chi connectivity index (χ4n) is 1.75. The molecule has 0 amide bonds. The summed E-state index contributed by atoms with van der Waals surface area (Å²) in [6, 6.07) is 5.01. The van der Waals surface area contributed by atoms with E-state index in [0.29, 0.717) is 14.8 Å². The molecule has 2 rings (SSSR count). The van der Waals surface area contributed by atoms with Gasteiger partial charge in [0.2, 0.25) is 0 Å². The summed E-state index contributed by atoms with van der Waals surface area (Å²) in [4.78, 5) is 12.1. The summed E-state index contributed by atoms with van der Waals surface area (Å²) in [7, 11) is 3.02. The van der Waals surface area contributed by atoms with Crippen molar-refractivity contribution in [3.05, 3.63) is 42.3 Å². The lowest BCUT2D eigenvalue weighted by atomic mass is 10.2. The highest BCUT2D eigenvalue weighted by atomic mass is 35.5. The molecule has 1 aromatic heterocycles. The van der Waals surface area contributed by atoms with Crippen LogP contribution < -0.4 is 19.5 Å². The van der Waals surface area contributed by atoms with Gasteiger partial charge in [0.25, 0.3) is 5.56 Å². The van der Waals surface area contributed by atoms with Gasteiger partial charge in [-0.25, -0.2) is 0 Å². The highest BCUT2D eigenvalue weighted by molar-refractivity contribution is 7.07. The fraction of sp³-hybridized carbons (Fsp3) is 0.143. The third-order valence-corrected chi connectivity index (χ3v) is 4.22. The smallest absolute Gasteiger partial charge is 0.268 e. The Hall–Kier alpha value is -2.23. The number of phenols is 1. The maximum absolute atomic E-state index is 12.1. The molecular weight excluding hydrogens is 312 g/mol. The number of methoxy groups -OCH3 is 1. The molecule has 0 aliphatic rings. The summed E-state index contributed by atoms with van der Waals surface area (Å²) in [5.74, 6) is 0.0832. The first-order valence-corrected chi connectivity index (χ1v) is 7.01. The number of nitriles is 1. The monoisotopic (exact) mass is 322 g/mol. The molecular formula is C14H11ClN2O3S. The van der Waals surface area contributed by atoms with Gasteiger partial charge < -0.3 is 14.4 Å². The van der Waals surface area contributed by atoms with Gasteiger partial charge in [0.15, 0.2) is 11.5 Å². The predicted molar refractivity (Wildman–Crippen MR) is 82.1 cm³/mol. The first-order valence-electron chi connectivity index (χ1n) is 5.81. The number of ether oxygens (including phenoxy) is 1. The Morgan fingerprint density at radius 2 is 2.24 bits per heavy atom. The number of hydrogen-bond donors (Lipinski definition) is 1. The summed E-state index contributed by atoms with van der Waals surface area (Å²) in [5.41, 5.74) is 0.418. The van der Waals surface area contributed by atoms with Gasteiger partial charge in [-0.15, -0.1) is 11.3 Å². The van der Waals surface area contributed by atoms with Crippen molar-refractivity contribution < 1.29 is 9.84 Å². The number of rotatable bonds is 2. The van der Waals surface area contributed by atoms with Crippen LogP contribution in [-0.2, 0) is 7.05 Å². The van der Waals surface area contributed by atoms with E-state index in [-0.39, 0.29) is 22.1 Å². The van der Waals surface area contributed by atoms with E-state index in [1.807, 2.05) is 6.07 Å². The number of aromatic hydroxyl groups is 1. The van der Waals surface area contributed by atoms with Crippen LogP contribution in [-0.4, -0.2) is 16.8 Å². The molecule has 0 aliphatic heterocycles. The average Bonchev–Trinajstić information content (AvgIpc) is 2.71. The lowest BCUT2D eigenvalue weighted by Gasteiger charge is -2.05. The van der Waals surface area contributed by atoms with Gasteiger partial charge >= 0.3 is 0 Å². The zero-order chi connectivity index (χ0) is 15.6. The Labute approximate surface area is 129 Å². The molecule has 0 aliphatic carbocycles. The van der Waals surface area contributed by atoms with Crippen molar-refractivity contribution in [2.75, 3.05) is 7.11 Å². The Balaban J connectivity index is 2.69. The molecule has 0 radical (unpaired) electrons. The second kappa shape index (κ2) is 6.04. The van der Waals surface area contributed by atoms with E-state index < -0.39 is 0 Å². The standard InChI is InChI=1S/C14H11ClN2O3S/c1-17-12(3-4-16)21-11(14(17)19)7-8-5-9(15)13(18)10(6-8)20-2/h3,5-7,18H,1-2H3/b11-7-,12-3-. The van der Waals surface area contributed by atoms with Crippen LogP contribution >= 0.6 is 22.9 Å². The zero-order valence-corrected chi connectivity index (χ0v) is 12.8. The minimum absolute atomic E-state index is 0.137. The van der Waals surface area contributed by atoms with Gasteiger partial charge in [0, 0.05) is 13.1 Å². The highest BCUT2D eigenvalue weighted by Gasteiger charge is 2.08. The van der Waals surface area contributed by atoms with Gasteiger partial charge in [-0.3, -0.25) is 4.79 Å².